The lowest BCUT2D eigenvalue weighted by Gasteiger charge is -2.24. The summed E-state index contributed by atoms with van der Waals surface area (Å²) in [6, 6.07) is 5.28. The highest BCUT2D eigenvalue weighted by Crippen LogP contribution is 2.48. The Morgan fingerprint density at radius 1 is 1.13 bits per heavy atom. The highest BCUT2D eigenvalue weighted by molar-refractivity contribution is 6.13. The van der Waals surface area contributed by atoms with Crippen LogP contribution in [-0.2, 0) is 9.59 Å². The maximum Gasteiger partial charge on any atom is 0.240 e. The van der Waals surface area contributed by atoms with Crippen molar-refractivity contribution in [3.63, 3.8) is 0 Å². The molecule has 6 nitrogen and oxygen atoms in total. The molecule has 3 rings (SSSR count). The zero-order valence-electron chi connectivity index (χ0n) is 13.6. The number of nitrogens with one attached hydrogen (secondary N) is 1. The van der Waals surface area contributed by atoms with E-state index >= 15 is 0 Å². The van der Waals surface area contributed by atoms with E-state index in [2.05, 4.69) is 5.32 Å². The first kappa shape index (κ1) is 15.6. The standard InChI is InChI=1S/C17H22N2O4/c1-3-19(4-2)16(21)17(7-8-17)15(20)18-12-5-6-13-14(11-12)23-10-9-22-13/h5-6,11H,3-4,7-10H2,1-2H3,(H,18,20). The Labute approximate surface area is 135 Å². The molecule has 23 heavy (non-hydrogen) atoms. The van der Waals surface area contributed by atoms with Crippen LogP contribution in [-0.4, -0.2) is 43.0 Å². The maximum absolute atomic E-state index is 12.6. The van der Waals surface area contributed by atoms with Crippen LogP contribution in [0.2, 0.25) is 0 Å². The number of rotatable bonds is 5. The molecule has 0 unspecified atom stereocenters. The fourth-order valence-corrected chi connectivity index (χ4v) is 2.85. The topological polar surface area (TPSA) is 67.9 Å². The van der Waals surface area contributed by atoms with E-state index in [4.69, 9.17) is 9.47 Å². The van der Waals surface area contributed by atoms with Crippen LogP contribution in [0.25, 0.3) is 0 Å². The van der Waals surface area contributed by atoms with Crippen LogP contribution < -0.4 is 14.8 Å². The molecule has 1 fully saturated rings. The fraction of sp³-hybridized carbons (Fsp3) is 0.529. The number of amides is 2. The summed E-state index contributed by atoms with van der Waals surface area (Å²) in [4.78, 5) is 26.9. The van der Waals surface area contributed by atoms with Crippen molar-refractivity contribution in [1.82, 2.24) is 4.90 Å². The molecule has 1 aromatic rings. The Morgan fingerprint density at radius 3 is 2.39 bits per heavy atom. The van der Waals surface area contributed by atoms with E-state index in [0.717, 1.165) is 0 Å². The van der Waals surface area contributed by atoms with Crippen molar-refractivity contribution in [3.8, 4) is 11.5 Å². The highest BCUT2D eigenvalue weighted by atomic mass is 16.6. The van der Waals surface area contributed by atoms with Crippen molar-refractivity contribution < 1.29 is 19.1 Å². The quantitative estimate of drug-likeness (QED) is 0.844. The Hall–Kier alpha value is -2.24. The average Bonchev–Trinajstić information content (AvgIpc) is 3.37. The minimum absolute atomic E-state index is 0.0717. The van der Waals surface area contributed by atoms with Crippen molar-refractivity contribution in [3.05, 3.63) is 18.2 Å². The molecule has 0 radical (unpaired) electrons. The Bertz CT molecular complexity index is 621. The average molecular weight is 318 g/mol. The lowest BCUT2D eigenvalue weighted by Crippen LogP contribution is -2.42. The van der Waals surface area contributed by atoms with Gasteiger partial charge >= 0.3 is 0 Å². The van der Waals surface area contributed by atoms with Gasteiger partial charge in [-0.05, 0) is 38.8 Å². The first-order chi connectivity index (χ1) is 11.1. The van der Waals surface area contributed by atoms with Gasteiger partial charge in [0.15, 0.2) is 11.5 Å². The molecular weight excluding hydrogens is 296 g/mol. The summed E-state index contributed by atoms with van der Waals surface area (Å²) in [6.07, 6.45) is 1.22. The van der Waals surface area contributed by atoms with Crippen molar-refractivity contribution in [2.24, 2.45) is 5.41 Å². The Kier molecular flexibility index (Phi) is 4.15. The van der Waals surface area contributed by atoms with Crippen LogP contribution in [0, 0.1) is 5.41 Å². The summed E-state index contributed by atoms with van der Waals surface area (Å²) >= 11 is 0. The van der Waals surface area contributed by atoms with Crippen LogP contribution in [0.4, 0.5) is 5.69 Å². The van der Waals surface area contributed by atoms with Crippen molar-refractivity contribution in [1.29, 1.82) is 0 Å². The van der Waals surface area contributed by atoms with Crippen LogP contribution in [0.5, 0.6) is 11.5 Å². The maximum atomic E-state index is 12.6. The third kappa shape index (κ3) is 2.85. The smallest absolute Gasteiger partial charge is 0.240 e. The van der Waals surface area contributed by atoms with Crippen molar-refractivity contribution >= 4 is 17.5 Å². The minimum Gasteiger partial charge on any atom is -0.486 e. The molecule has 1 aromatic carbocycles. The molecule has 0 spiro atoms. The third-order valence-corrected chi connectivity index (χ3v) is 4.44. The van der Waals surface area contributed by atoms with Gasteiger partial charge in [0, 0.05) is 24.8 Å². The zero-order valence-corrected chi connectivity index (χ0v) is 13.6. The monoisotopic (exact) mass is 318 g/mol. The van der Waals surface area contributed by atoms with Gasteiger partial charge in [0.25, 0.3) is 0 Å². The number of anilines is 1. The van der Waals surface area contributed by atoms with Crippen molar-refractivity contribution in [2.75, 3.05) is 31.6 Å². The van der Waals surface area contributed by atoms with E-state index in [9.17, 15) is 9.59 Å². The number of fused-ring (bicyclic) bond motifs is 1. The molecular formula is C17H22N2O4. The molecule has 2 amide bonds. The van der Waals surface area contributed by atoms with Gasteiger partial charge in [-0.2, -0.15) is 0 Å². The number of hydrogen-bond donors (Lipinski definition) is 1. The number of nitrogens with zero attached hydrogens (tertiary/aromatic N) is 1. The molecule has 6 heteroatoms. The normalized spacial score (nSPS) is 17.3. The lowest BCUT2D eigenvalue weighted by atomic mass is 10.0. The number of carbonyl (C=O) groups excluding carboxylic acids is 2. The van der Waals surface area contributed by atoms with Crippen molar-refractivity contribution in [2.45, 2.75) is 26.7 Å². The van der Waals surface area contributed by atoms with Gasteiger partial charge in [0.2, 0.25) is 11.8 Å². The molecule has 0 aromatic heterocycles. The second-order valence-corrected chi connectivity index (χ2v) is 5.87. The number of carbonyl (C=O) groups is 2. The van der Waals surface area contributed by atoms with E-state index in [1.165, 1.54) is 0 Å². The summed E-state index contributed by atoms with van der Waals surface area (Å²) in [6.45, 7) is 6.12. The van der Waals surface area contributed by atoms with Gasteiger partial charge < -0.3 is 19.7 Å². The van der Waals surface area contributed by atoms with E-state index in [1.54, 1.807) is 23.1 Å². The molecule has 2 aliphatic rings. The Morgan fingerprint density at radius 2 is 1.78 bits per heavy atom. The largest absolute Gasteiger partial charge is 0.486 e. The summed E-state index contributed by atoms with van der Waals surface area (Å²) in [7, 11) is 0. The second-order valence-electron chi connectivity index (χ2n) is 5.87. The Balaban J connectivity index is 1.73. The van der Waals surface area contributed by atoms with E-state index in [0.29, 0.717) is 56.3 Å². The predicted molar refractivity (Wildman–Crippen MR) is 85.7 cm³/mol. The molecule has 0 saturated heterocycles. The number of ether oxygens (including phenoxy) is 2. The molecule has 0 bridgehead atoms. The molecule has 0 atom stereocenters. The fourth-order valence-electron chi connectivity index (χ4n) is 2.85. The van der Waals surface area contributed by atoms with E-state index in [-0.39, 0.29) is 11.8 Å². The lowest BCUT2D eigenvalue weighted by molar-refractivity contribution is -0.141. The first-order valence-corrected chi connectivity index (χ1v) is 8.11. The van der Waals surface area contributed by atoms with Gasteiger partial charge in [-0.3, -0.25) is 9.59 Å². The van der Waals surface area contributed by atoms with Gasteiger partial charge in [-0.1, -0.05) is 0 Å². The minimum atomic E-state index is -0.890. The molecule has 1 N–H and O–H groups in total. The summed E-state index contributed by atoms with van der Waals surface area (Å²) in [5.74, 6) is 0.993. The van der Waals surface area contributed by atoms with Crippen LogP contribution in [0.1, 0.15) is 26.7 Å². The van der Waals surface area contributed by atoms with Crippen LogP contribution in [0.15, 0.2) is 18.2 Å². The van der Waals surface area contributed by atoms with Gasteiger partial charge in [-0.15, -0.1) is 0 Å². The van der Waals surface area contributed by atoms with E-state index < -0.39 is 5.41 Å². The number of benzene rings is 1. The molecule has 1 saturated carbocycles. The first-order valence-electron chi connectivity index (χ1n) is 8.11. The zero-order chi connectivity index (χ0) is 16.4. The molecule has 1 aliphatic heterocycles. The van der Waals surface area contributed by atoms with E-state index in [1.807, 2.05) is 13.8 Å². The third-order valence-electron chi connectivity index (χ3n) is 4.44. The molecule has 1 heterocycles. The summed E-state index contributed by atoms with van der Waals surface area (Å²) < 4.78 is 11.0. The van der Waals surface area contributed by atoms with Gasteiger partial charge in [0.05, 0.1) is 0 Å². The second kappa shape index (κ2) is 6.10. The van der Waals surface area contributed by atoms with Crippen LogP contribution in [0.3, 0.4) is 0 Å². The predicted octanol–water partition coefficient (Wildman–Crippen LogP) is 2.04. The van der Waals surface area contributed by atoms with Gasteiger partial charge in [-0.25, -0.2) is 0 Å². The summed E-state index contributed by atoms with van der Waals surface area (Å²) in [5.41, 5.74) is -0.267. The highest BCUT2D eigenvalue weighted by Gasteiger charge is 2.57. The molecule has 1 aliphatic carbocycles. The number of hydrogen-bond acceptors (Lipinski definition) is 4. The van der Waals surface area contributed by atoms with Gasteiger partial charge in [0.1, 0.15) is 18.6 Å². The molecule has 124 valence electrons. The summed E-state index contributed by atoms with van der Waals surface area (Å²) in [5, 5.41) is 2.86. The SMILES string of the molecule is CCN(CC)C(=O)C1(C(=O)Nc2ccc3c(c2)OCCO3)CC1. The van der Waals surface area contributed by atoms with Crippen LogP contribution >= 0.6 is 0 Å².